The Hall–Kier alpha value is -3.46. The van der Waals surface area contributed by atoms with Crippen LogP contribution in [0.25, 0.3) is 0 Å². The van der Waals surface area contributed by atoms with Crippen LogP contribution in [-0.4, -0.2) is 32.9 Å². The van der Waals surface area contributed by atoms with E-state index in [9.17, 15) is 4.79 Å². The number of hydrogen-bond acceptors (Lipinski definition) is 6. The van der Waals surface area contributed by atoms with Crippen molar-refractivity contribution in [1.82, 2.24) is 0 Å². The van der Waals surface area contributed by atoms with Gasteiger partial charge in [-0.1, -0.05) is 12.7 Å². The van der Waals surface area contributed by atoms with E-state index in [-0.39, 0.29) is 13.2 Å². The van der Waals surface area contributed by atoms with Crippen molar-refractivity contribution in [3.05, 3.63) is 66.2 Å². The maximum Gasteiger partial charge on any atom is 0.338 e. The molecule has 0 bridgehead atoms. The predicted octanol–water partition coefficient (Wildman–Crippen LogP) is 3.37. The number of esters is 1. The first-order valence-electron chi connectivity index (χ1n) is 7.89. The molecule has 0 aliphatic heterocycles. The molecule has 0 saturated heterocycles. The molecule has 2 rings (SSSR count). The summed E-state index contributed by atoms with van der Waals surface area (Å²) in [5, 5.41) is 8.74. The Balaban J connectivity index is 1.85. The van der Waals surface area contributed by atoms with Gasteiger partial charge in [0, 0.05) is 0 Å². The molecule has 0 fully saturated rings. The van der Waals surface area contributed by atoms with Crippen LogP contribution in [0.5, 0.6) is 17.2 Å². The van der Waals surface area contributed by atoms with E-state index < -0.39 is 5.97 Å². The summed E-state index contributed by atoms with van der Waals surface area (Å²) < 4.78 is 21.3. The van der Waals surface area contributed by atoms with Crippen molar-refractivity contribution in [1.29, 1.82) is 5.26 Å². The maximum absolute atomic E-state index is 12.1. The summed E-state index contributed by atoms with van der Waals surface area (Å²) in [5.74, 6) is 1.08. The van der Waals surface area contributed by atoms with E-state index >= 15 is 0 Å². The van der Waals surface area contributed by atoms with Crippen LogP contribution in [0, 0.1) is 11.3 Å². The summed E-state index contributed by atoms with van der Waals surface area (Å²) in [4.78, 5) is 12.1. The van der Waals surface area contributed by atoms with Gasteiger partial charge in [0.05, 0.1) is 24.3 Å². The minimum absolute atomic E-state index is 0.0931. The van der Waals surface area contributed by atoms with Crippen molar-refractivity contribution < 1.29 is 23.7 Å². The third-order valence-electron chi connectivity index (χ3n) is 3.32. The fourth-order valence-corrected chi connectivity index (χ4v) is 2.07. The molecule has 2 aromatic carbocycles. The Morgan fingerprint density at radius 3 is 2.54 bits per heavy atom. The molecule has 0 heterocycles. The summed E-state index contributed by atoms with van der Waals surface area (Å²) in [7, 11) is 1.50. The van der Waals surface area contributed by atoms with Gasteiger partial charge in [-0.15, -0.1) is 0 Å². The SMILES string of the molecule is C=CCOc1ccc(C(=O)OCCOc2ccc(C#N)cc2)cc1OC. The lowest BCUT2D eigenvalue weighted by atomic mass is 10.2. The molecule has 0 aliphatic rings. The van der Waals surface area contributed by atoms with Gasteiger partial charge in [0.15, 0.2) is 11.5 Å². The quantitative estimate of drug-likeness (QED) is 0.391. The average molecular weight is 353 g/mol. The molecule has 26 heavy (non-hydrogen) atoms. The van der Waals surface area contributed by atoms with Gasteiger partial charge in [0.1, 0.15) is 25.6 Å². The molecular weight excluding hydrogens is 334 g/mol. The lowest BCUT2D eigenvalue weighted by Gasteiger charge is -2.11. The van der Waals surface area contributed by atoms with Crippen LogP contribution in [0.15, 0.2) is 55.1 Å². The summed E-state index contributed by atoms with van der Waals surface area (Å²) in [5.41, 5.74) is 0.907. The van der Waals surface area contributed by atoms with Gasteiger partial charge >= 0.3 is 5.97 Å². The van der Waals surface area contributed by atoms with Crippen LogP contribution in [0.2, 0.25) is 0 Å². The molecule has 0 saturated carbocycles. The van der Waals surface area contributed by atoms with Crippen molar-refractivity contribution >= 4 is 5.97 Å². The van der Waals surface area contributed by atoms with E-state index in [2.05, 4.69) is 6.58 Å². The summed E-state index contributed by atoms with van der Waals surface area (Å²) in [6.45, 7) is 4.22. The van der Waals surface area contributed by atoms with Crippen molar-refractivity contribution in [2.75, 3.05) is 26.9 Å². The van der Waals surface area contributed by atoms with Gasteiger partial charge in [0.2, 0.25) is 0 Å². The topological polar surface area (TPSA) is 77.8 Å². The number of rotatable bonds is 9. The molecule has 0 radical (unpaired) electrons. The van der Waals surface area contributed by atoms with Crippen LogP contribution < -0.4 is 14.2 Å². The highest BCUT2D eigenvalue weighted by Crippen LogP contribution is 2.28. The molecule has 6 nitrogen and oxygen atoms in total. The Morgan fingerprint density at radius 1 is 1.12 bits per heavy atom. The van der Waals surface area contributed by atoms with Crippen molar-refractivity contribution in [3.8, 4) is 23.3 Å². The van der Waals surface area contributed by atoms with Crippen molar-refractivity contribution in [2.24, 2.45) is 0 Å². The Bertz CT molecular complexity index is 793. The summed E-state index contributed by atoms with van der Waals surface area (Å²) in [6.07, 6.45) is 1.62. The summed E-state index contributed by atoms with van der Waals surface area (Å²) >= 11 is 0. The standard InChI is InChI=1S/C20H19NO5/c1-3-10-25-18-9-6-16(13-19(18)23-2)20(22)26-12-11-24-17-7-4-15(14-21)5-8-17/h3-9,13H,1,10-12H2,2H3. The minimum Gasteiger partial charge on any atom is -0.493 e. The van der Waals surface area contributed by atoms with E-state index in [4.69, 9.17) is 24.2 Å². The molecule has 0 atom stereocenters. The molecule has 0 aliphatic carbocycles. The van der Waals surface area contributed by atoms with E-state index in [0.717, 1.165) is 0 Å². The first-order valence-corrected chi connectivity index (χ1v) is 7.89. The lowest BCUT2D eigenvalue weighted by molar-refractivity contribution is 0.0450. The van der Waals surface area contributed by atoms with Gasteiger partial charge in [-0.3, -0.25) is 0 Å². The number of benzene rings is 2. The number of methoxy groups -OCH3 is 1. The molecule has 2 aromatic rings. The van der Waals surface area contributed by atoms with Crippen molar-refractivity contribution in [2.45, 2.75) is 0 Å². The van der Waals surface area contributed by atoms with Crippen LogP contribution in [-0.2, 0) is 4.74 Å². The second-order valence-electron chi connectivity index (χ2n) is 5.09. The molecule has 0 aromatic heterocycles. The van der Waals surface area contributed by atoms with E-state index in [0.29, 0.717) is 35.0 Å². The average Bonchev–Trinajstić information content (AvgIpc) is 2.69. The maximum atomic E-state index is 12.1. The molecule has 6 heteroatoms. The first kappa shape index (κ1) is 18.9. The Morgan fingerprint density at radius 2 is 1.88 bits per heavy atom. The molecule has 0 unspecified atom stereocenters. The number of nitriles is 1. The van der Waals surface area contributed by atoms with E-state index in [1.807, 2.05) is 6.07 Å². The molecule has 0 amide bonds. The van der Waals surface area contributed by atoms with Crippen LogP contribution in [0.1, 0.15) is 15.9 Å². The molecule has 0 N–H and O–H groups in total. The number of hydrogen-bond donors (Lipinski definition) is 0. The molecular formula is C20H19NO5. The number of carbonyl (C=O) groups is 1. The fourth-order valence-electron chi connectivity index (χ4n) is 2.07. The first-order chi connectivity index (χ1) is 12.7. The molecule has 0 spiro atoms. The zero-order valence-corrected chi connectivity index (χ0v) is 14.4. The highest BCUT2D eigenvalue weighted by Gasteiger charge is 2.12. The number of carbonyl (C=O) groups excluding carboxylic acids is 1. The van der Waals surface area contributed by atoms with Crippen LogP contribution >= 0.6 is 0 Å². The van der Waals surface area contributed by atoms with E-state index in [1.165, 1.54) is 7.11 Å². The lowest BCUT2D eigenvalue weighted by Crippen LogP contribution is -2.12. The van der Waals surface area contributed by atoms with Gasteiger partial charge in [0.25, 0.3) is 0 Å². The van der Waals surface area contributed by atoms with Crippen LogP contribution in [0.4, 0.5) is 0 Å². The highest BCUT2D eigenvalue weighted by molar-refractivity contribution is 5.90. The number of nitrogens with zero attached hydrogens (tertiary/aromatic N) is 1. The predicted molar refractivity (Wildman–Crippen MR) is 95.6 cm³/mol. The smallest absolute Gasteiger partial charge is 0.338 e. The summed E-state index contributed by atoms with van der Waals surface area (Å²) in [6, 6.07) is 13.5. The van der Waals surface area contributed by atoms with E-state index in [1.54, 1.807) is 48.5 Å². The van der Waals surface area contributed by atoms with Gasteiger partial charge in [-0.25, -0.2) is 4.79 Å². The van der Waals surface area contributed by atoms with Gasteiger partial charge in [-0.05, 0) is 42.5 Å². The number of ether oxygens (including phenoxy) is 4. The van der Waals surface area contributed by atoms with Gasteiger partial charge < -0.3 is 18.9 Å². The third-order valence-corrected chi connectivity index (χ3v) is 3.32. The minimum atomic E-state index is -0.484. The third kappa shape index (κ3) is 5.28. The van der Waals surface area contributed by atoms with Crippen LogP contribution in [0.3, 0.4) is 0 Å². The Labute approximate surface area is 152 Å². The van der Waals surface area contributed by atoms with Crippen molar-refractivity contribution in [3.63, 3.8) is 0 Å². The zero-order chi connectivity index (χ0) is 18.8. The molecule has 134 valence electrons. The zero-order valence-electron chi connectivity index (χ0n) is 14.4. The second-order valence-corrected chi connectivity index (χ2v) is 5.09. The Kier molecular flexibility index (Phi) is 7.07. The normalized spacial score (nSPS) is 9.69. The second kappa shape index (κ2) is 9.74. The fraction of sp³-hybridized carbons (Fsp3) is 0.200. The highest BCUT2D eigenvalue weighted by atomic mass is 16.6. The van der Waals surface area contributed by atoms with Gasteiger partial charge in [-0.2, -0.15) is 5.26 Å². The monoisotopic (exact) mass is 353 g/mol. The largest absolute Gasteiger partial charge is 0.493 e.